The van der Waals surface area contributed by atoms with E-state index in [0.717, 1.165) is 62.5 Å². The van der Waals surface area contributed by atoms with Crippen molar-refractivity contribution in [3.8, 4) is 0 Å². The highest BCUT2D eigenvalue weighted by Crippen LogP contribution is 2.48. The van der Waals surface area contributed by atoms with Gasteiger partial charge in [-0.25, -0.2) is 0 Å². The predicted molar refractivity (Wildman–Crippen MR) is 126 cm³/mol. The van der Waals surface area contributed by atoms with Gasteiger partial charge in [0, 0.05) is 24.7 Å². The lowest BCUT2D eigenvalue weighted by atomic mass is 9.82. The summed E-state index contributed by atoms with van der Waals surface area (Å²) in [4.78, 5) is 24.5. The average Bonchev–Trinajstić information content (AvgIpc) is 2.89. The van der Waals surface area contributed by atoms with Crippen molar-refractivity contribution in [2.24, 2.45) is 11.8 Å². The molecule has 2 spiro atoms. The van der Waals surface area contributed by atoms with Crippen molar-refractivity contribution >= 4 is 0 Å². The fourth-order valence-corrected chi connectivity index (χ4v) is 5.33. The van der Waals surface area contributed by atoms with Crippen molar-refractivity contribution in [1.82, 2.24) is 0 Å². The molecule has 34 heavy (non-hydrogen) atoms. The summed E-state index contributed by atoms with van der Waals surface area (Å²) in [5, 5.41) is 0. The Balaban J connectivity index is 1.17. The molecule has 0 radical (unpaired) electrons. The van der Waals surface area contributed by atoms with Gasteiger partial charge >= 0.3 is 0 Å². The fraction of sp³-hybridized carbons (Fsp3) is 0.571. The Hall–Kier alpha value is -1.80. The third-order valence-corrected chi connectivity index (χ3v) is 7.41. The molecule has 1 saturated heterocycles. The second-order valence-electron chi connectivity index (χ2n) is 9.84. The summed E-state index contributed by atoms with van der Waals surface area (Å²) >= 11 is 0. The summed E-state index contributed by atoms with van der Waals surface area (Å²) in [5.74, 6) is -1.71. The molecule has 2 atom stereocenters. The minimum atomic E-state index is -0.910. The van der Waals surface area contributed by atoms with E-state index < -0.39 is 11.6 Å². The van der Waals surface area contributed by atoms with E-state index in [1.54, 1.807) is 0 Å². The largest absolute Gasteiger partial charge is 0.376 e. The summed E-state index contributed by atoms with van der Waals surface area (Å²) in [6.45, 7) is 2.22. The highest BCUT2D eigenvalue weighted by Gasteiger charge is 2.57. The SMILES string of the molecule is c1ccc(COC[C@H]2CCCCC23OOC2(CCCC[C@H]2COCc2ccccc2)OO3)cc1. The Bertz CT molecular complexity index is 791. The van der Waals surface area contributed by atoms with Gasteiger partial charge in [-0.05, 0) is 36.8 Å². The van der Waals surface area contributed by atoms with Crippen molar-refractivity contribution in [2.75, 3.05) is 13.2 Å². The maximum Gasteiger partial charge on any atom is 0.239 e. The van der Waals surface area contributed by atoms with E-state index in [1.807, 2.05) is 36.4 Å². The number of benzene rings is 2. The van der Waals surface area contributed by atoms with E-state index in [4.69, 9.17) is 29.0 Å². The third kappa shape index (κ3) is 5.54. The Morgan fingerprint density at radius 1 is 0.588 bits per heavy atom. The molecule has 6 heteroatoms. The first-order valence-corrected chi connectivity index (χ1v) is 12.8. The van der Waals surface area contributed by atoms with E-state index >= 15 is 0 Å². The zero-order chi connectivity index (χ0) is 23.1. The molecule has 2 saturated carbocycles. The molecular weight excluding hydrogens is 432 g/mol. The lowest BCUT2D eigenvalue weighted by Crippen LogP contribution is -2.59. The van der Waals surface area contributed by atoms with Crippen molar-refractivity contribution in [3.05, 3.63) is 71.8 Å². The Kier molecular flexibility index (Phi) is 7.94. The fourth-order valence-electron chi connectivity index (χ4n) is 5.33. The van der Waals surface area contributed by atoms with E-state index in [-0.39, 0.29) is 11.8 Å². The molecule has 2 aromatic carbocycles. The predicted octanol–water partition coefficient (Wildman–Crippen LogP) is 6.10. The minimum Gasteiger partial charge on any atom is -0.376 e. The molecule has 2 aliphatic carbocycles. The number of hydrogen-bond donors (Lipinski definition) is 0. The molecule has 6 nitrogen and oxygen atoms in total. The lowest BCUT2D eigenvalue weighted by Gasteiger charge is -2.51. The van der Waals surface area contributed by atoms with Crippen LogP contribution in [0.4, 0.5) is 0 Å². The van der Waals surface area contributed by atoms with Gasteiger partial charge in [-0.15, -0.1) is 0 Å². The molecule has 0 bridgehead atoms. The van der Waals surface area contributed by atoms with Gasteiger partial charge in [-0.3, -0.25) is 0 Å². The van der Waals surface area contributed by atoms with Gasteiger partial charge in [0.05, 0.1) is 26.4 Å². The molecule has 1 aliphatic heterocycles. The molecule has 0 N–H and O–H groups in total. The topological polar surface area (TPSA) is 55.4 Å². The molecular formula is C28H36O6. The third-order valence-electron chi connectivity index (χ3n) is 7.41. The summed E-state index contributed by atoms with van der Waals surface area (Å²) in [5.41, 5.74) is 2.31. The van der Waals surface area contributed by atoms with Crippen LogP contribution in [-0.2, 0) is 42.2 Å². The summed E-state index contributed by atoms with van der Waals surface area (Å²) in [6.07, 6.45) is 7.65. The minimum absolute atomic E-state index is 0.0543. The summed E-state index contributed by atoms with van der Waals surface area (Å²) < 4.78 is 12.1. The molecule has 5 rings (SSSR count). The van der Waals surface area contributed by atoms with Crippen LogP contribution in [-0.4, -0.2) is 24.8 Å². The van der Waals surface area contributed by atoms with Crippen LogP contribution in [0.15, 0.2) is 60.7 Å². The average molecular weight is 469 g/mol. The van der Waals surface area contributed by atoms with Gasteiger partial charge in [0.2, 0.25) is 11.6 Å². The highest BCUT2D eigenvalue weighted by molar-refractivity contribution is 5.14. The number of hydrogen-bond acceptors (Lipinski definition) is 6. The summed E-state index contributed by atoms with van der Waals surface area (Å²) in [6, 6.07) is 20.4. The van der Waals surface area contributed by atoms with Gasteiger partial charge in [0.25, 0.3) is 0 Å². The zero-order valence-electron chi connectivity index (χ0n) is 19.9. The van der Waals surface area contributed by atoms with Crippen LogP contribution >= 0.6 is 0 Å². The second kappa shape index (κ2) is 11.3. The molecule has 2 aromatic rings. The van der Waals surface area contributed by atoms with Gasteiger partial charge in [-0.2, -0.15) is 19.6 Å². The highest BCUT2D eigenvalue weighted by atomic mass is 17.4. The van der Waals surface area contributed by atoms with Crippen LogP contribution in [0.3, 0.4) is 0 Å². The first kappa shape index (κ1) is 23.9. The smallest absolute Gasteiger partial charge is 0.239 e. The van der Waals surface area contributed by atoms with E-state index in [0.29, 0.717) is 26.4 Å². The monoisotopic (exact) mass is 468 g/mol. The molecule has 184 valence electrons. The molecule has 1 heterocycles. The van der Waals surface area contributed by atoms with Crippen molar-refractivity contribution < 1.29 is 29.0 Å². The van der Waals surface area contributed by atoms with E-state index in [2.05, 4.69) is 24.3 Å². The number of ether oxygens (including phenoxy) is 2. The molecule has 3 aliphatic rings. The van der Waals surface area contributed by atoms with Crippen LogP contribution in [0.2, 0.25) is 0 Å². The van der Waals surface area contributed by atoms with Crippen LogP contribution < -0.4 is 0 Å². The molecule has 0 unspecified atom stereocenters. The lowest BCUT2D eigenvalue weighted by molar-refractivity contribution is -0.676. The zero-order valence-corrected chi connectivity index (χ0v) is 19.9. The van der Waals surface area contributed by atoms with Crippen LogP contribution in [0, 0.1) is 11.8 Å². The quantitative estimate of drug-likeness (QED) is 0.436. The molecule has 0 amide bonds. The van der Waals surface area contributed by atoms with Gasteiger partial charge in [0.1, 0.15) is 0 Å². The Morgan fingerprint density at radius 2 is 1.00 bits per heavy atom. The van der Waals surface area contributed by atoms with Crippen molar-refractivity contribution in [1.29, 1.82) is 0 Å². The number of rotatable bonds is 8. The molecule has 0 aromatic heterocycles. The Labute approximate surface area is 202 Å². The summed E-state index contributed by atoms with van der Waals surface area (Å²) in [7, 11) is 0. The van der Waals surface area contributed by atoms with E-state index in [9.17, 15) is 0 Å². The van der Waals surface area contributed by atoms with Crippen molar-refractivity contribution in [2.45, 2.75) is 76.2 Å². The normalized spacial score (nSPS) is 31.6. The van der Waals surface area contributed by atoms with Gasteiger partial charge in [-0.1, -0.05) is 73.5 Å². The first-order valence-electron chi connectivity index (χ1n) is 12.8. The van der Waals surface area contributed by atoms with Crippen LogP contribution in [0.25, 0.3) is 0 Å². The molecule has 3 fully saturated rings. The maximum atomic E-state index is 6.13. The van der Waals surface area contributed by atoms with Gasteiger partial charge in [0.15, 0.2) is 0 Å². The van der Waals surface area contributed by atoms with Crippen molar-refractivity contribution in [3.63, 3.8) is 0 Å². The van der Waals surface area contributed by atoms with E-state index in [1.165, 1.54) is 0 Å². The van der Waals surface area contributed by atoms with Crippen LogP contribution in [0.5, 0.6) is 0 Å². The maximum absolute atomic E-state index is 6.13. The second-order valence-corrected chi connectivity index (χ2v) is 9.84. The Morgan fingerprint density at radius 3 is 1.41 bits per heavy atom. The van der Waals surface area contributed by atoms with Crippen LogP contribution in [0.1, 0.15) is 62.5 Å². The first-order chi connectivity index (χ1) is 16.8. The standard InChI is InChI=1S/C28H36O6/c1-3-11-23(12-4-1)19-29-21-25-15-7-9-17-27(25)31-33-28(34-32-27)18-10-8-16-26(28)22-30-20-24-13-5-2-6-14-24/h1-6,11-14,25-26H,7-10,15-22H2/t25-,26+,27?,28?. The van der Waals surface area contributed by atoms with Gasteiger partial charge < -0.3 is 9.47 Å².